The molecule has 0 aromatic heterocycles. The monoisotopic (exact) mass is 178 g/mol. The van der Waals surface area contributed by atoms with Gasteiger partial charge in [-0.2, -0.15) is 0 Å². The molecular formula is C8H12Cl2. The van der Waals surface area contributed by atoms with Crippen molar-refractivity contribution in [3.8, 4) is 0 Å². The van der Waals surface area contributed by atoms with Gasteiger partial charge in [-0.25, -0.2) is 0 Å². The number of allylic oxidation sites excluding steroid dienone is 3. The summed E-state index contributed by atoms with van der Waals surface area (Å²) < 4.78 is 0. The molecule has 0 radical (unpaired) electrons. The molecule has 0 aliphatic heterocycles. The highest BCUT2D eigenvalue weighted by Gasteiger charge is 1.99. The molecule has 58 valence electrons. The lowest BCUT2D eigenvalue weighted by Gasteiger charge is -2.02. The first kappa shape index (κ1) is 10.1. The van der Waals surface area contributed by atoms with E-state index >= 15 is 0 Å². The zero-order valence-corrected chi connectivity index (χ0v) is 7.84. The predicted octanol–water partition coefficient (Wildman–Crippen LogP) is 3.36. The summed E-state index contributed by atoms with van der Waals surface area (Å²) in [6.45, 7) is 7.57. The van der Waals surface area contributed by atoms with Crippen LogP contribution in [0.1, 0.15) is 13.8 Å². The van der Waals surface area contributed by atoms with Crippen LogP contribution in [0.5, 0.6) is 0 Å². The van der Waals surface area contributed by atoms with Gasteiger partial charge in [0.2, 0.25) is 0 Å². The molecule has 0 N–H and O–H groups in total. The average molecular weight is 179 g/mol. The lowest BCUT2D eigenvalue weighted by atomic mass is 10.2. The van der Waals surface area contributed by atoms with Crippen LogP contribution in [0.15, 0.2) is 23.8 Å². The number of hydrogen-bond donors (Lipinski definition) is 0. The third-order valence-corrected chi connectivity index (χ3v) is 2.03. The molecule has 0 aliphatic carbocycles. The summed E-state index contributed by atoms with van der Waals surface area (Å²) in [7, 11) is 0. The largest absolute Gasteiger partial charge is 0.122 e. The van der Waals surface area contributed by atoms with Crippen LogP contribution in [0.3, 0.4) is 0 Å². The quantitative estimate of drug-likeness (QED) is 0.460. The molecule has 0 spiro atoms. The molecule has 1 atom stereocenters. The maximum Gasteiger partial charge on any atom is 0.0723 e. The Morgan fingerprint density at radius 1 is 1.60 bits per heavy atom. The van der Waals surface area contributed by atoms with Gasteiger partial charge in [0.05, 0.1) is 5.38 Å². The van der Waals surface area contributed by atoms with E-state index in [9.17, 15) is 0 Å². The number of hydrogen-bond acceptors (Lipinski definition) is 0. The van der Waals surface area contributed by atoms with E-state index in [1.165, 1.54) is 0 Å². The Bertz CT molecular complexity index is 147. The summed E-state index contributed by atoms with van der Waals surface area (Å²) >= 11 is 11.4. The average Bonchev–Trinajstić information content (AvgIpc) is 1.87. The predicted molar refractivity (Wildman–Crippen MR) is 48.9 cm³/mol. The Kier molecular flexibility index (Phi) is 4.84. The third-order valence-electron chi connectivity index (χ3n) is 1.11. The fraction of sp³-hybridized carbons (Fsp3) is 0.500. The SMILES string of the molecule is C=C(C)C(Cl)C=C(C)CCl. The number of rotatable bonds is 3. The van der Waals surface area contributed by atoms with Gasteiger partial charge >= 0.3 is 0 Å². The summed E-state index contributed by atoms with van der Waals surface area (Å²) in [5.41, 5.74) is 2.04. The van der Waals surface area contributed by atoms with Crippen molar-refractivity contribution >= 4 is 23.2 Å². The van der Waals surface area contributed by atoms with Crippen molar-refractivity contribution in [3.63, 3.8) is 0 Å². The lowest BCUT2D eigenvalue weighted by molar-refractivity contribution is 1.19. The zero-order valence-electron chi connectivity index (χ0n) is 6.32. The summed E-state index contributed by atoms with van der Waals surface area (Å²) in [6.07, 6.45) is 1.91. The Hall–Kier alpha value is 0.0600. The van der Waals surface area contributed by atoms with Crippen LogP contribution in [0.2, 0.25) is 0 Å². The van der Waals surface area contributed by atoms with E-state index < -0.39 is 0 Å². The summed E-state index contributed by atoms with van der Waals surface area (Å²) in [5.74, 6) is 0.538. The molecule has 0 bridgehead atoms. The van der Waals surface area contributed by atoms with Crippen LogP contribution in [-0.4, -0.2) is 11.3 Å². The van der Waals surface area contributed by atoms with Crippen LogP contribution in [-0.2, 0) is 0 Å². The van der Waals surface area contributed by atoms with Crippen LogP contribution >= 0.6 is 23.2 Å². The van der Waals surface area contributed by atoms with E-state index in [0.29, 0.717) is 5.88 Å². The van der Waals surface area contributed by atoms with E-state index in [0.717, 1.165) is 11.1 Å². The Morgan fingerprint density at radius 3 is 2.40 bits per heavy atom. The standard InChI is InChI=1S/C8H12Cl2/c1-6(2)8(10)4-7(3)5-9/h4,8H,1,5H2,2-3H3. The Labute approximate surface area is 72.5 Å². The van der Waals surface area contributed by atoms with Gasteiger partial charge in [-0.1, -0.05) is 23.8 Å². The van der Waals surface area contributed by atoms with Gasteiger partial charge in [-0.15, -0.1) is 23.2 Å². The van der Waals surface area contributed by atoms with E-state index in [1.54, 1.807) is 0 Å². The van der Waals surface area contributed by atoms with Gasteiger partial charge in [0.15, 0.2) is 0 Å². The third kappa shape index (κ3) is 3.97. The normalized spacial score (nSPS) is 15.0. The molecule has 1 unspecified atom stereocenters. The van der Waals surface area contributed by atoms with Gasteiger partial charge in [-0.05, 0) is 13.8 Å². The van der Waals surface area contributed by atoms with E-state index in [4.69, 9.17) is 23.2 Å². The molecule has 0 aliphatic rings. The molecule has 0 fully saturated rings. The fourth-order valence-corrected chi connectivity index (χ4v) is 0.741. The smallest absolute Gasteiger partial charge is 0.0723 e. The molecule has 2 heteroatoms. The minimum atomic E-state index is -0.0706. The minimum Gasteiger partial charge on any atom is -0.122 e. The van der Waals surface area contributed by atoms with Gasteiger partial charge in [0.1, 0.15) is 0 Å². The second-order valence-electron chi connectivity index (χ2n) is 2.39. The molecule has 0 aromatic carbocycles. The topological polar surface area (TPSA) is 0 Å². The number of halogens is 2. The molecule has 0 heterocycles. The summed E-state index contributed by atoms with van der Waals surface area (Å²) in [5, 5.41) is -0.0706. The maximum atomic E-state index is 5.85. The van der Waals surface area contributed by atoms with Gasteiger partial charge in [0.25, 0.3) is 0 Å². The molecule has 0 saturated heterocycles. The van der Waals surface area contributed by atoms with Crippen LogP contribution in [0, 0.1) is 0 Å². The van der Waals surface area contributed by atoms with E-state index in [-0.39, 0.29) is 5.38 Å². The Balaban J connectivity index is 3.99. The molecule has 0 aromatic rings. The van der Waals surface area contributed by atoms with Crippen molar-refractivity contribution in [1.82, 2.24) is 0 Å². The molecule has 0 saturated carbocycles. The van der Waals surface area contributed by atoms with Crippen LogP contribution in [0.25, 0.3) is 0 Å². The van der Waals surface area contributed by atoms with Crippen molar-refractivity contribution in [2.45, 2.75) is 19.2 Å². The van der Waals surface area contributed by atoms with E-state index in [2.05, 4.69) is 6.58 Å². The highest BCUT2D eigenvalue weighted by atomic mass is 35.5. The Morgan fingerprint density at radius 2 is 2.10 bits per heavy atom. The summed E-state index contributed by atoms with van der Waals surface area (Å²) in [6, 6.07) is 0. The second kappa shape index (κ2) is 4.81. The highest BCUT2D eigenvalue weighted by Crippen LogP contribution is 2.11. The van der Waals surface area contributed by atoms with Crippen LogP contribution < -0.4 is 0 Å². The maximum absolute atomic E-state index is 5.85. The van der Waals surface area contributed by atoms with Crippen molar-refractivity contribution < 1.29 is 0 Å². The minimum absolute atomic E-state index is 0.0706. The first-order chi connectivity index (χ1) is 4.57. The zero-order chi connectivity index (χ0) is 8.15. The molecule has 0 amide bonds. The highest BCUT2D eigenvalue weighted by molar-refractivity contribution is 6.24. The van der Waals surface area contributed by atoms with E-state index in [1.807, 2.05) is 19.9 Å². The molecular weight excluding hydrogens is 167 g/mol. The molecule has 10 heavy (non-hydrogen) atoms. The lowest BCUT2D eigenvalue weighted by Crippen LogP contribution is -1.95. The van der Waals surface area contributed by atoms with Gasteiger partial charge in [0, 0.05) is 5.88 Å². The second-order valence-corrected chi connectivity index (χ2v) is 3.13. The number of alkyl halides is 2. The summed E-state index contributed by atoms with van der Waals surface area (Å²) in [4.78, 5) is 0. The van der Waals surface area contributed by atoms with Crippen molar-refractivity contribution in [2.75, 3.05) is 5.88 Å². The van der Waals surface area contributed by atoms with Crippen molar-refractivity contribution in [3.05, 3.63) is 23.8 Å². The molecule has 0 nitrogen and oxygen atoms in total. The van der Waals surface area contributed by atoms with Crippen molar-refractivity contribution in [2.24, 2.45) is 0 Å². The van der Waals surface area contributed by atoms with Gasteiger partial charge < -0.3 is 0 Å². The van der Waals surface area contributed by atoms with Gasteiger partial charge in [-0.3, -0.25) is 0 Å². The van der Waals surface area contributed by atoms with Crippen LogP contribution in [0.4, 0.5) is 0 Å². The molecule has 0 rings (SSSR count). The first-order valence-electron chi connectivity index (χ1n) is 3.10. The fourth-order valence-electron chi connectivity index (χ4n) is 0.437. The van der Waals surface area contributed by atoms with Crippen molar-refractivity contribution in [1.29, 1.82) is 0 Å². The first-order valence-corrected chi connectivity index (χ1v) is 4.07.